The molecule has 0 unspecified atom stereocenters. The van der Waals surface area contributed by atoms with E-state index in [-0.39, 0.29) is 5.41 Å². The van der Waals surface area contributed by atoms with Gasteiger partial charge in [-0.05, 0) is 51.5 Å². The van der Waals surface area contributed by atoms with Gasteiger partial charge in [0, 0.05) is 29.8 Å². The Morgan fingerprint density at radius 3 is 2.25 bits per heavy atom. The molecule has 0 radical (unpaired) electrons. The molecule has 6 nitrogen and oxygen atoms in total. The maximum atomic E-state index is 5.06. The smallest absolute Gasteiger partial charge is 0.204 e. The van der Waals surface area contributed by atoms with Crippen LogP contribution in [0.1, 0.15) is 51.6 Å². The van der Waals surface area contributed by atoms with Crippen molar-refractivity contribution in [1.29, 1.82) is 0 Å². The third-order valence-corrected chi connectivity index (χ3v) is 5.78. The minimum absolute atomic E-state index is 0.180. The fourth-order valence-electron chi connectivity index (χ4n) is 3.87. The van der Waals surface area contributed by atoms with E-state index in [1.165, 1.54) is 11.3 Å². The lowest BCUT2D eigenvalue weighted by molar-refractivity contribution is 0.589. The fourth-order valence-corrected chi connectivity index (χ4v) is 3.87. The molecule has 0 saturated heterocycles. The molecular formula is C26H32N6. The van der Waals surface area contributed by atoms with E-state index in [1.54, 1.807) is 4.79 Å². The van der Waals surface area contributed by atoms with Crippen molar-refractivity contribution in [2.75, 3.05) is 18.0 Å². The van der Waals surface area contributed by atoms with Gasteiger partial charge in [-0.3, -0.25) is 0 Å². The Morgan fingerprint density at radius 1 is 0.969 bits per heavy atom. The van der Waals surface area contributed by atoms with Crippen molar-refractivity contribution in [2.45, 2.75) is 48.5 Å². The summed E-state index contributed by atoms with van der Waals surface area (Å²) in [5.41, 5.74) is 6.98. The summed E-state index contributed by atoms with van der Waals surface area (Å²) in [5, 5.41) is 9.45. The number of aliphatic imine (C=N–C) groups is 1. The summed E-state index contributed by atoms with van der Waals surface area (Å²) in [6.07, 6.45) is 0. The number of aromatic nitrogens is 3. The largest absolute Gasteiger partial charge is 0.372 e. The van der Waals surface area contributed by atoms with Gasteiger partial charge < -0.3 is 4.90 Å². The fraction of sp³-hybridized carbons (Fsp3) is 0.385. The molecule has 3 aromatic rings. The molecule has 0 N–H and O–H groups in total. The normalized spacial score (nSPS) is 14.6. The van der Waals surface area contributed by atoms with Crippen LogP contribution >= 0.6 is 0 Å². The van der Waals surface area contributed by atoms with Crippen molar-refractivity contribution < 1.29 is 0 Å². The zero-order chi connectivity index (χ0) is 23.0. The SMILES string of the molecule is CCN(CC)c1ccc(N=C2C(C(C)(C)C)=Nn3nc(-c4ccc(C)cc4)nc32)c(C)c1. The van der Waals surface area contributed by atoms with Gasteiger partial charge in [0.1, 0.15) is 5.71 Å². The van der Waals surface area contributed by atoms with Crippen molar-refractivity contribution in [3.63, 3.8) is 0 Å². The van der Waals surface area contributed by atoms with Crippen molar-refractivity contribution in [3.8, 4) is 11.4 Å². The maximum absolute atomic E-state index is 5.06. The Hall–Kier alpha value is -3.28. The minimum Gasteiger partial charge on any atom is -0.372 e. The van der Waals surface area contributed by atoms with Gasteiger partial charge >= 0.3 is 0 Å². The van der Waals surface area contributed by atoms with Crippen LogP contribution in [0.25, 0.3) is 11.4 Å². The van der Waals surface area contributed by atoms with Gasteiger partial charge in [-0.1, -0.05) is 50.6 Å². The first kappa shape index (κ1) is 21.9. The summed E-state index contributed by atoms with van der Waals surface area (Å²) >= 11 is 0. The molecule has 2 aromatic carbocycles. The molecule has 0 bridgehead atoms. The summed E-state index contributed by atoms with van der Waals surface area (Å²) in [6, 6.07) is 14.7. The van der Waals surface area contributed by atoms with Gasteiger partial charge in [-0.2, -0.15) is 5.10 Å². The first-order valence-electron chi connectivity index (χ1n) is 11.3. The highest BCUT2D eigenvalue weighted by molar-refractivity contribution is 6.50. The molecule has 1 aliphatic heterocycles. The van der Waals surface area contributed by atoms with Crippen LogP contribution in [0.2, 0.25) is 0 Å². The quantitative estimate of drug-likeness (QED) is 0.516. The average Bonchev–Trinajstić information content (AvgIpc) is 3.30. The van der Waals surface area contributed by atoms with Gasteiger partial charge in [0.05, 0.1) is 11.4 Å². The second-order valence-corrected chi connectivity index (χ2v) is 9.32. The highest BCUT2D eigenvalue weighted by Crippen LogP contribution is 2.30. The van der Waals surface area contributed by atoms with E-state index in [4.69, 9.17) is 15.1 Å². The number of fused-ring (bicyclic) bond motifs is 1. The van der Waals surface area contributed by atoms with Crippen LogP contribution in [0, 0.1) is 19.3 Å². The van der Waals surface area contributed by atoms with Crippen LogP contribution < -0.4 is 4.90 Å². The Bertz CT molecular complexity index is 1190. The van der Waals surface area contributed by atoms with Gasteiger partial charge in [0.25, 0.3) is 0 Å². The predicted octanol–water partition coefficient (Wildman–Crippen LogP) is 5.79. The van der Waals surface area contributed by atoms with Crippen molar-refractivity contribution >= 4 is 22.8 Å². The molecule has 6 heteroatoms. The third kappa shape index (κ3) is 4.09. The second kappa shape index (κ2) is 8.34. The molecular weight excluding hydrogens is 396 g/mol. The van der Waals surface area contributed by atoms with Crippen LogP contribution in [-0.4, -0.2) is 39.4 Å². The van der Waals surface area contributed by atoms with Crippen LogP contribution in [0.4, 0.5) is 11.4 Å². The molecule has 166 valence electrons. The topological polar surface area (TPSA) is 58.7 Å². The third-order valence-electron chi connectivity index (χ3n) is 5.78. The summed E-state index contributed by atoms with van der Waals surface area (Å²) in [4.78, 5) is 13.9. The molecule has 0 amide bonds. The van der Waals surface area contributed by atoms with E-state index >= 15 is 0 Å². The molecule has 0 fully saturated rings. The van der Waals surface area contributed by atoms with E-state index in [1.807, 2.05) is 12.1 Å². The van der Waals surface area contributed by atoms with Gasteiger partial charge in [-0.25, -0.2) is 9.98 Å². The number of hydrogen-bond acceptors (Lipinski definition) is 5. The van der Waals surface area contributed by atoms with Gasteiger partial charge in [0.15, 0.2) is 5.82 Å². The molecule has 0 spiro atoms. The highest BCUT2D eigenvalue weighted by atomic mass is 15.6. The van der Waals surface area contributed by atoms with Crippen LogP contribution in [0.3, 0.4) is 0 Å². The lowest BCUT2D eigenvalue weighted by Gasteiger charge is -2.22. The Kier molecular flexibility index (Phi) is 5.71. The first-order chi connectivity index (χ1) is 15.2. The lowest BCUT2D eigenvalue weighted by Crippen LogP contribution is -2.27. The molecule has 2 heterocycles. The summed E-state index contributed by atoms with van der Waals surface area (Å²) < 4.78 is 0. The monoisotopic (exact) mass is 428 g/mol. The number of rotatable bonds is 5. The number of aryl methyl sites for hydroxylation is 2. The van der Waals surface area contributed by atoms with Crippen molar-refractivity contribution in [1.82, 2.24) is 14.9 Å². The lowest BCUT2D eigenvalue weighted by atomic mass is 9.87. The van der Waals surface area contributed by atoms with Gasteiger partial charge in [0.2, 0.25) is 5.82 Å². The van der Waals surface area contributed by atoms with Crippen LogP contribution in [0.5, 0.6) is 0 Å². The van der Waals surface area contributed by atoms with E-state index in [9.17, 15) is 0 Å². The standard InChI is InChI=1S/C26H32N6/c1-8-31(9-2)20-14-15-21(18(4)16-20)27-22-23(26(5,6)7)29-32-25(22)28-24(30-32)19-12-10-17(3)11-13-19/h10-16H,8-9H2,1-7H3. The zero-order valence-electron chi connectivity index (χ0n) is 20.1. The second-order valence-electron chi connectivity index (χ2n) is 9.32. The van der Waals surface area contributed by atoms with E-state index in [2.05, 4.69) is 88.8 Å². The van der Waals surface area contributed by atoms with Crippen LogP contribution in [0.15, 0.2) is 52.6 Å². The zero-order valence-corrected chi connectivity index (χ0v) is 20.1. The Labute approximate surface area is 190 Å². The van der Waals surface area contributed by atoms with Crippen molar-refractivity contribution in [2.24, 2.45) is 15.5 Å². The first-order valence-corrected chi connectivity index (χ1v) is 11.3. The van der Waals surface area contributed by atoms with Gasteiger partial charge in [-0.15, -0.1) is 9.89 Å². The van der Waals surface area contributed by atoms with E-state index in [0.29, 0.717) is 11.6 Å². The van der Waals surface area contributed by atoms with E-state index in [0.717, 1.165) is 41.3 Å². The molecule has 0 saturated carbocycles. The molecule has 32 heavy (non-hydrogen) atoms. The highest BCUT2D eigenvalue weighted by Gasteiger charge is 2.35. The maximum Gasteiger partial charge on any atom is 0.204 e. The number of hydrogen-bond donors (Lipinski definition) is 0. The molecule has 0 atom stereocenters. The summed E-state index contributed by atoms with van der Waals surface area (Å²) in [6.45, 7) is 16.9. The predicted molar refractivity (Wildman–Crippen MR) is 133 cm³/mol. The van der Waals surface area contributed by atoms with Crippen molar-refractivity contribution in [3.05, 3.63) is 59.4 Å². The number of benzene rings is 2. The number of nitrogens with zero attached hydrogens (tertiary/aromatic N) is 6. The molecule has 1 aromatic heterocycles. The van der Waals surface area contributed by atoms with E-state index < -0.39 is 0 Å². The molecule has 1 aliphatic rings. The molecule has 4 rings (SSSR count). The summed E-state index contributed by atoms with van der Waals surface area (Å²) in [7, 11) is 0. The molecule has 0 aliphatic carbocycles. The number of anilines is 1. The Morgan fingerprint density at radius 2 is 1.66 bits per heavy atom. The Balaban J connectivity index is 1.79. The minimum atomic E-state index is -0.180. The summed E-state index contributed by atoms with van der Waals surface area (Å²) in [5.74, 6) is 1.36. The van der Waals surface area contributed by atoms with Crippen LogP contribution in [-0.2, 0) is 0 Å². The average molecular weight is 429 g/mol.